The van der Waals surface area contributed by atoms with Crippen molar-refractivity contribution in [3.63, 3.8) is 0 Å². The molecule has 152 valence electrons. The van der Waals surface area contributed by atoms with Crippen LogP contribution in [0.25, 0.3) is 0 Å². The van der Waals surface area contributed by atoms with Crippen LogP contribution in [0.2, 0.25) is 0 Å². The van der Waals surface area contributed by atoms with Gasteiger partial charge in [0.2, 0.25) is 0 Å². The molecule has 3 aromatic carbocycles. The van der Waals surface area contributed by atoms with Crippen LogP contribution in [0.3, 0.4) is 0 Å². The van der Waals surface area contributed by atoms with E-state index in [-0.39, 0.29) is 5.82 Å². The van der Waals surface area contributed by atoms with Crippen LogP contribution in [0, 0.1) is 5.82 Å². The molecule has 4 nitrogen and oxygen atoms in total. The SMILES string of the molecule is COc1cccc(CN(Cc2ccc(F)cc2)CC(O)c2ccccc2)c1OC. The van der Waals surface area contributed by atoms with Crippen LogP contribution in [0.4, 0.5) is 4.39 Å². The van der Waals surface area contributed by atoms with Gasteiger partial charge < -0.3 is 14.6 Å². The van der Waals surface area contributed by atoms with Crippen molar-refractivity contribution in [2.45, 2.75) is 19.2 Å². The highest BCUT2D eigenvalue weighted by Gasteiger charge is 2.18. The summed E-state index contributed by atoms with van der Waals surface area (Å²) in [7, 11) is 3.22. The zero-order chi connectivity index (χ0) is 20.6. The maximum absolute atomic E-state index is 13.3. The number of hydrogen-bond acceptors (Lipinski definition) is 4. The lowest BCUT2D eigenvalue weighted by Crippen LogP contribution is -2.28. The number of hydrogen-bond donors (Lipinski definition) is 1. The Morgan fingerprint density at radius 3 is 2.24 bits per heavy atom. The van der Waals surface area contributed by atoms with E-state index in [9.17, 15) is 9.50 Å². The van der Waals surface area contributed by atoms with Crippen molar-refractivity contribution in [2.24, 2.45) is 0 Å². The number of para-hydroxylation sites is 1. The summed E-state index contributed by atoms with van der Waals surface area (Å²) in [6.07, 6.45) is -0.645. The highest BCUT2D eigenvalue weighted by atomic mass is 19.1. The molecule has 5 heteroatoms. The normalized spacial score (nSPS) is 12.0. The molecule has 0 fully saturated rings. The van der Waals surface area contributed by atoms with Gasteiger partial charge in [0.1, 0.15) is 5.82 Å². The molecule has 0 bridgehead atoms. The first-order valence-electron chi connectivity index (χ1n) is 9.50. The minimum atomic E-state index is -0.645. The highest BCUT2D eigenvalue weighted by Crippen LogP contribution is 2.32. The second kappa shape index (κ2) is 10.0. The Hall–Kier alpha value is -2.89. The van der Waals surface area contributed by atoms with E-state index in [2.05, 4.69) is 4.90 Å². The molecule has 1 N–H and O–H groups in total. The molecular weight excluding hydrogens is 369 g/mol. The van der Waals surface area contributed by atoms with E-state index in [1.807, 2.05) is 48.5 Å². The monoisotopic (exact) mass is 395 g/mol. The minimum Gasteiger partial charge on any atom is -0.493 e. The predicted octanol–water partition coefficient (Wildman–Crippen LogP) is 4.58. The number of halogens is 1. The van der Waals surface area contributed by atoms with Gasteiger partial charge in [-0.15, -0.1) is 0 Å². The average molecular weight is 395 g/mol. The van der Waals surface area contributed by atoms with Crippen molar-refractivity contribution in [1.29, 1.82) is 0 Å². The first-order valence-corrected chi connectivity index (χ1v) is 9.50. The number of rotatable bonds is 9. The second-order valence-electron chi connectivity index (χ2n) is 6.88. The molecule has 0 saturated carbocycles. The number of nitrogens with zero attached hydrogens (tertiary/aromatic N) is 1. The van der Waals surface area contributed by atoms with Crippen LogP contribution < -0.4 is 9.47 Å². The fourth-order valence-corrected chi connectivity index (χ4v) is 3.38. The number of methoxy groups -OCH3 is 2. The molecule has 1 atom stereocenters. The maximum Gasteiger partial charge on any atom is 0.165 e. The molecule has 0 saturated heterocycles. The Kier molecular flexibility index (Phi) is 7.22. The average Bonchev–Trinajstić information content (AvgIpc) is 2.75. The van der Waals surface area contributed by atoms with E-state index in [0.717, 1.165) is 16.7 Å². The fourth-order valence-electron chi connectivity index (χ4n) is 3.38. The van der Waals surface area contributed by atoms with Gasteiger partial charge in [0.15, 0.2) is 11.5 Å². The van der Waals surface area contributed by atoms with E-state index in [4.69, 9.17) is 9.47 Å². The molecule has 3 rings (SSSR count). The Morgan fingerprint density at radius 1 is 0.862 bits per heavy atom. The lowest BCUT2D eigenvalue weighted by atomic mass is 10.1. The molecule has 0 aliphatic carbocycles. The first kappa shape index (κ1) is 20.8. The smallest absolute Gasteiger partial charge is 0.165 e. The van der Waals surface area contributed by atoms with Crippen LogP contribution in [-0.2, 0) is 13.1 Å². The minimum absolute atomic E-state index is 0.265. The van der Waals surface area contributed by atoms with E-state index in [1.165, 1.54) is 12.1 Å². The third kappa shape index (κ3) is 5.56. The molecular formula is C24H26FNO3. The largest absolute Gasteiger partial charge is 0.493 e. The van der Waals surface area contributed by atoms with Crippen molar-refractivity contribution in [2.75, 3.05) is 20.8 Å². The van der Waals surface area contributed by atoms with Gasteiger partial charge in [0.25, 0.3) is 0 Å². The van der Waals surface area contributed by atoms with Crippen molar-refractivity contribution in [3.8, 4) is 11.5 Å². The lowest BCUT2D eigenvalue weighted by Gasteiger charge is -2.26. The molecule has 0 spiro atoms. The first-order chi connectivity index (χ1) is 14.1. The molecule has 3 aromatic rings. The van der Waals surface area contributed by atoms with Gasteiger partial charge in [-0.3, -0.25) is 4.90 Å². The van der Waals surface area contributed by atoms with Crippen molar-refractivity contribution in [3.05, 3.63) is 95.3 Å². The van der Waals surface area contributed by atoms with Gasteiger partial charge in [-0.1, -0.05) is 54.6 Å². The highest BCUT2D eigenvalue weighted by molar-refractivity contribution is 5.46. The van der Waals surface area contributed by atoms with Crippen molar-refractivity contribution >= 4 is 0 Å². The van der Waals surface area contributed by atoms with Gasteiger partial charge in [0.05, 0.1) is 20.3 Å². The summed E-state index contributed by atoms with van der Waals surface area (Å²) in [6.45, 7) is 1.52. The summed E-state index contributed by atoms with van der Waals surface area (Å²) in [6, 6.07) is 21.7. The van der Waals surface area contributed by atoms with E-state index in [1.54, 1.807) is 26.4 Å². The third-order valence-electron chi connectivity index (χ3n) is 4.81. The van der Waals surface area contributed by atoms with Crippen LogP contribution >= 0.6 is 0 Å². The van der Waals surface area contributed by atoms with Crippen molar-refractivity contribution < 1.29 is 19.0 Å². The fraction of sp³-hybridized carbons (Fsp3) is 0.250. The van der Waals surface area contributed by atoms with Gasteiger partial charge in [-0.05, 0) is 29.3 Å². The van der Waals surface area contributed by atoms with Crippen LogP contribution in [-0.4, -0.2) is 30.8 Å². The van der Waals surface area contributed by atoms with Gasteiger partial charge in [-0.25, -0.2) is 4.39 Å². The molecule has 0 aliphatic rings. The molecule has 1 unspecified atom stereocenters. The lowest BCUT2D eigenvalue weighted by molar-refractivity contribution is 0.104. The standard InChI is InChI=1S/C24H26FNO3/c1-28-23-10-6-9-20(24(23)29-2)16-26(15-18-11-13-21(25)14-12-18)17-22(27)19-7-4-3-5-8-19/h3-14,22,27H,15-17H2,1-2H3. The Labute approximate surface area is 171 Å². The van der Waals surface area contributed by atoms with E-state index >= 15 is 0 Å². The van der Waals surface area contributed by atoms with Crippen LogP contribution in [0.1, 0.15) is 22.8 Å². The van der Waals surface area contributed by atoms with Crippen LogP contribution in [0.15, 0.2) is 72.8 Å². The quantitative estimate of drug-likeness (QED) is 0.576. The molecule has 0 aromatic heterocycles. The Morgan fingerprint density at radius 2 is 1.59 bits per heavy atom. The number of aliphatic hydroxyl groups excluding tert-OH is 1. The molecule has 29 heavy (non-hydrogen) atoms. The van der Waals surface area contributed by atoms with E-state index < -0.39 is 6.10 Å². The van der Waals surface area contributed by atoms with Crippen LogP contribution in [0.5, 0.6) is 11.5 Å². The molecule has 0 amide bonds. The third-order valence-corrected chi connectivity index (χ3v) is 4.81. The number of ether oxygens (including phenoxy) is 2. The number of aliphatic hydroxyl groups is 1. The van der Waals surface area contributed by atoms with Gasteiger partial charge in [0, 0.05) is 25.2 Å². The Balaban J connectivity index is 1.85. The summed E-state index contributed by atoms with van der Waals surface area (Å²) in [5.74, 6) is 1.07. The van der Waals surface area contributed by atoms with Gasteiger partial charge >= 0.3 is 0 Å². The summed E-state index contributed by atoms with van der Waals surface area (Å²) in [5.41, 5.74) is 2.77. The maximum atomic E-state index is 13.3. The molecule has 0 heterocycles. The summed E-state index contributed by atoms with van der Waals surface area (Å²) in [4.78, 5) is 2.11. The molecule has 0 radical (unpaired) electrons. The zero-order valence-electron chi connectivity index (χ0n) is 16.7. The number of benzene rings is 3. The van der Waals surface area contributed by atoms with E-state index in [0.29, 0.717) is 31.1 Å². The molecule has 0 aliphatic heterocycles. The summed E-state index contributed by atoms with van der Waals surface area (Å²) < 4.78 is 24.3. The van der Waals surface area contributed by atoms with Crippen molar-refractivity contribution in [1.82, 2.24) is 4.90 Å². The summed E-state index contributed by atoms with van der Waals surface area (Å²) >= 11 is 0. The predicted molar refractivity (Wildman–Crippen MR) is 111 cm³/mol. The Bertz CT molecular complexity index is 900. The van der Waals surface area contributed by atoms with Gasteiger partial charge in [-0.2, -0.15) is 0 Å². The summed E-state index contributed by atoms with van der Waals surface area (Å²) in [5, 5.41) is 10.8. The topological polar surface area (TPSA) is 41.9 Å². The second-order valence-corrected chi connectivity index (χ2v) is 6.88. The zero-order valence-corrected chi connectivity index (χ0v) is 16.7.